The molecule has 20 heavy (non-hydrogen) atoms. The van der Waals surface area contributed by atoms with E-state index in [9.17, 15) is 4.79 Å². The Kier molecular flexibility index (Phi) is 4.57. The Morgan fingerprint density at radius 1 is 1.25 bits per heavy atom. The minimum absolute atomic E-state index is 0.0570. The van der Waals surface area contributed by atoms with Crippen LogP contribution >= 0.6 is 11.5 Å². The Balaban J connectivity index is 2.44. The Morgan fingerprint density at radius 3 is 2.60 bits per heavy atom. The zero-order chi connectivity index (χ0) is 14.5. The van der Waals surface area contributed by atoms with Gasteiger partial charge in [0.1, 0.15) is 0 Å². The van der Waals surface area contributed by atoms with Crippen LogP contribution in [0.5, 0.6) is 11.5 Å². The maximum atomic E-state index is 11.1. The van der Waals surface area contributed by atoms with Crippen molar-refractivity contribution in [3.05, 3.63) is 29.3 Å². The molecule has 0 aliphatic rings. The van der Waals surface area contributed by atoms with Gasteiger partial charge in [-0.2, -0.15) is 4.37 Å². The first-order valence-electron chi connectivity index (χ1n) is 6.25. The predicted molar refractivity (Wildman–Crippen MR) is 76.8 cm³/mol. The molecule has 6 heteroatoms. The zero-order valence-electron chi connectivity index (χ0n) is 11.3. The van der Waals surface area contributed by atoms with E-state index in [2.05, 4.69) is 4.37 Å². The molecule has 1 heterocycles. The first-order valence-corrected chi connectivity index (χ1v) is 7.08. The van der Waals surface area contributed by atoms with Crippen molar-refractivity contribution in [3.63, 3.8) is 0 Å². The summed E-state index contributed by atoms with van der Waals surface area (Å²) in [4.78, 5) is 11.1. The smallest absolute Gasteiger partial charge is 0.356 e. The van der Waals surface area contributed by atoms with Crippen molar-refractivity contribution < 1.29 is 19.4 Å². The minimum Gasteiger partial charge on any atom is -0.490 e. The molecule has 2 aromatic rings. The summed E-state index contributed by atoms with van der Waals surface area (Å²) in [6.45, 7) is 4.84. The topological polar surface area (TPSA) is 68.7 Å². The summed E-state index contributed by atoms with van der Waals surface area (Å²) in [7, 11) is 0. The van der Waals surface area contributed by atoms with E-state index in [1.165, 1.54) is 0 Å². The SMILES string of the molecule is CCOc1ccc(-c2csnc2C(=O)O)cc1OCC. The van der Waals surface area contributed by atoms with E-state index in [1.807, 2.05) is 19.9 Å². The quantitative estimate of drug-likeness (QED) is 0.885. The van der Waals surface area contributed by atoms with Crippen molar-refractivity contribution in [1.29, 1.82) is 0 Å². The largest absolute Gasteiger partial charge is 0.490 e. The van der Waals surface area contributed by atoms with E-state index in [-0.39, 0.29) is 5.69 Å². The molecule has 0 atom stereocenters. The lowest BCUT2D eigenvalue weighted by atomic mass is 10.1. The first kappa shape index (κ1) is 14.3. The predicted octanol–water partition coefficient (Wildman–Crippen LogP) is 3.31. The molecule has 0 aliphatic heterocycles. The van der Waals surface area contributed by atoms with Gasteiger partial charge in [0.2, 0.25) is 0 Å². The van der Waals surface area contributed by atoms with Gasteiger partial charge in [0.15, 0.2) is 17.2 Å². The number of rotatable bonds is 6. The molecule has 0 spiro atoms. The summed E-state index contributed by atoms with van der Waals surface area (Å²) >= 11 is 1.12. The van der Waals surface area contributed by atoms with Crippen LogP contribution < -0.4 is 9.47 Å². The molecule has 0 bridgehead atoms. The zero-order valence-corrected chi connectivity index (χ0v) is 12.1. The Hall–Kier alpha value is -2.08. The Bertz CT molecular complexity index is 609. The number of carboxylic acids is 1. The van der Waals surface area contributed by atoms with Crippen molar-refractivity contribution in [2.75, 3.05) is 13.2 Å². The number of nitrogens with zero attached hydrogens (tertiary/aromatic N) is 1. The molecule has 0 aliphatic carbocycles. The van der Waals surface area contributed by atoms with E-state index in [1.54, 1.807) is 17.5 Å². The number of hydrogen-bond donors (Lipinski definition) is 1. The molecular weight excluding hydrogens is 278 g/mol. The third kappa shape index (κ3) is 2.91. The molecule has 1 N–H and O–H groups in total. The van der Waals surface area contributed by atoms with Gasteiger partial charge in [-0.05, 0) is 43.1 Å². The van der Waals surface area contributed by atoms with Crippen molar-refractivity contribution in [1.82, 2.24) is 4.37 Å². The number of carbonyl (C=O) groups is 1. The second-order valence-corrected chi connectivity index (χ2v) is 4.54. The number of carboxylic acid groups (broad SMARTS) is 1. The molecule has 106 valence electrons. The Labute approximate surface area is 120 Å². The van der Waals surface area contributed by atoms with Crippen molar-refractivity contribution >= 4 is 17.5 Å². The summed E-state index contributed by atoms with van der Waals surface area (Å²) in [6.07, 6.45) is 0. The van der Waals surface area contributed by atoms with Crippen LogP contribution in [0.2, 0.25) is 0 Å². The highest BCUT2D eigenvalue weighted by atomic mass is 32.1. The molecule has 1 aromatic carbocycles. The highest BCUT2D eigenvalue weighted by molar-refractivity contribution is 7.04. The normalized spacial score (nSPS) is 10.3. The van der Waals surface area contributed by atoms with Gasteiger partial charge in [-0.3, -0.25) is 0 Å². The van der Waals surface area contributed by atoms with Crippen molar-refractivity contribution in [2.45, 2.75) is 13.8 Å². The second-order valence-electron chi connectivity index (χ2n) is 3.91. The van der Waals surface area contributed by atoms with Gasteiger partial charge in [0, 0.05) is 10.9 Å². The molecule has 0 radical (unpaired) electrons. The van der Waals surface area contributed by atoms with E-state index < -0.39 is 5.97 Å². The van der Waals surface area contributed by atoms with Gasteiger partial charge in [-0.1, -0.05) is 6.07 Å². The average molecular weight is 293 g/mol. The van der Waals surface area contributed by atoms with Crippen LogP contribution in [0.15, 0.2) is 23.6 Å². The molecule has 0 unspecified atom stereocenters. The number of aromatic nitrogens is 1. The lowest BCUT2D eigenvalue weighted by molar-refractivity contribution is 0.0692. The lowest BCUT2D eigenvalue weighted by Gasteiger charge is -2.12. The average Bonchev–Trinajstić information content (AvgIpc) is 2.91. The maximum absolute atomic E-state index is 11.1. The summed E-state index contributed by atoms with van der Waals surface area (Å²) in [5.74, 6) is 0.223. The van der Waals surface area contributed by atoms with E-state index in [4.69, 9.17) is 14.6 Å². The van der Waals surface area contributed by atoms with E-state index in [0.717, 1.165) is 17.1 Å². The van der Waals surface area contributed by atoms with Gasteiger partial charge in [0.05, 0.1) is 13.2 Å². The number of aromatic carboxylic acids is 1. The molecule has 0 saturated carbocycles. The monoisotopic (exact) mass is 293 g/mol. The fourth-order valence-electron chi connectivity index (χ4n) is 1.81. The first-order chi connectivity index (χ1) is 9.67. The van der Waals surface area contributed by atoms with Gasteiger partial charge in [-0.15, -0.1) is 0 Å². The van der Waals surface area contributed by atoms with Gasteiger partial charge in [-0.25, -0.2) is 4.79 Å². The van der Waals surface area contributed by atoms with Crippen LogP contribution in [0.1, 0.15) is 24.3 Å². The third-order valence-electron chi connectivity index (χ3n) is 2.63. The fraction of sp³-hybridized carbons (Fsp3) is 0.286. The maximum Gasteiger partial charge on any atom is 0.356 e. The summed E-state index contributed by atoms with van der Waals surface area (Å²) < 4.78 is 14.9. The highest BCUT2D eigenvalue weighted by Crippen LogP contribution is 2.34. The van der Waals surface area contributed by atoms with Gasteiger partial charge >= 0.3 is 5.97 Å². The second kappa shape index (κ2) is 6.38. The highest BCUT2D eigenvalue weighted by Gasteiger charge is 2.16. The number of benzene rings is 1. The van der Waals surface area contributed by atoms with Crippen LogP contribution in [0.4, 0.5) is 0 Å². The fourth-order valence-corrected chi connectivity index (χ4v) is 2.50. The van der Waals surface area contributed by atoms with Gasteiger partial charge in [0.25, 0.3) is 0 Å². The molecule has 0 saturated heterocycles. The Morgan fingerprint density at radius 2 is 1.95 bits per heavy atom. The minimum atomic E-state index is -1.03. The van der Waals surface area contributed by atoms with Gasteiger partial charge < -0.3 is 14.6 Å². The summed E-state index contributed by atoms with van der Waals surface area (Å²) in [5.41, 5.74) is 1.40. The molecule has 0 amide bonds. The van der Waals surface area contributed by atoms with Crippen LogP contribution in [0.25, 0.3) is 11.1 Å². The standard InChI is InChI=1S/C14H15NO4S/c1-3-18-11-6-5-9(7-12(11)19-4-2)10-8-20-15-13(10)14(16)17/h5-8H,3-4H2,1-2H3,(H,16,17). The van der Waals surface area contributed by atoms with E-state index >= 15 is 0 Å². The number of ether oxygens (including phenoxy) is 2. The van der Waals surface area contributed by atoms with Crippen LogP contribution in [-0.2, 0) is 0 Å². The summed E-state index contributed by atoms with van der Waals surface area (Å²) in [5, 5.41) is 10.8. The van der Waals surface area contributed by atoms with Crippen molar-refractivity contribution in [2.24, 2.45) is 0 Å². The molecular formula is C14H15NO4S. The summed E-state index contributed by atoms with van der Waals surface area (Å²) in [6, 6.07) is 5.38. The molecule has 0 fully saturated rings. The molecule has 5 nitrogen and oxygen atoms in total. The third-order valence-corrected chi connectivity index (χ3v) is 3.26. The lowest BCUT2D eigenvalue weighted by Crippen LogP contribution is -2.00. The number of hydrogen-bond acceptors (Lipinski definition) is 5. The van der Waals surface area contributed by atoms with Crippen LogP contribution in [-0.4, -0.2) is 28.7 Å². The molecule has 2 rings (SSSR count). The van der Waals surface area contributed by atoms with Crippen LogP contribution in [0, 0.1) is 0 Å². The van der Waals surface area contributed by atoms with Crippen molar-refractivity contribution in [3.8, 4) is 22.6 Å². The van der Waals surface area contributed by atoms with E-state index in [0.29, 0.717) is 30.3 Å². The van der Waals surface area contributed by atoms with Crippen LogP contribution in [0.3, 0.4) is 0 Å². The molecule has 1 aromatic heterocycles.